The Morgan fingerprint density at radius 3 is 2.73 bits per heavy atom. The molecule has 0 aliphatic carbocycles. The Morgan fingerprint density at radius 2 is 2.27 bits per heavy atom. The fraction of sp³-hybridized carbons (Fsp3) is 0.143. The lowest BCUT2D eigenvalue weighted by Gasteiger charge is -1.99. The number of phenols is 1. The second-order valence-corrected chi connectivity index (χ2v) is 3.50. The van der Waals surface area contributed by atoms with Crippen molar-refractivity contribution in [1.82, 2.24) is 0 Å². The SMILES string of the molecule is COc1ccc(I=O)c(O)c1. The van der Waals surface area contributed by atoms with Crippen LogP contribution in [0.5, 0.6) is 11.5 Å². The minimum absolute atomic E-state index is 0.0483. The fourth-order valence-corrected chi connectivity index (χ4v) is 1.39. The number of halogens is 1. The molecule has 0 fully saturated rings. The number of hydrogen-bond acceptors (Lipinski definition) is 3. The maximum absolute atomic E-state index is 10.5. The van der Waals surface area contributed by atoms with Gasteiger partial charge in [0.1, 0.15) is 11.5 Å². The molecular formula is C7H7IO3. The molecule has 0 saturated heterocycles. The molecule has 11 heavy (non-hydrogen) atoms. The van der Waals surface area contributed by atoms with Gasteiger partial charge in [-0.3, -0.25) is 3.07 Å². The highest BCUT2D eigenvalue weighted by Crippen LogP contribution is 2.26. The highest BCUT2D eigenvalue weighted by atomic mass is 127. The lowest BCUT2D eigenvalue weighted by atomic mass is 10.3. The molecule has 4 heteroatoms. The third-order valence-electron chi connectivity index (χ3n) is 1.24. The predicted octanol–water partition coefficient (Wildman–Crippen LogP) is 1.89. The lowest BCUT2D eigenvalue weighted by Crippen LogP contribution is -1.82. The minimum Gasteiger partial charge on any atom is -0.507 e. The average molecular weight is 266 g/mol. The molecule has 0 radical (unpaired) electrons. The maximum atomic E-state index is 10.5. The molecule has 0 heterocycles. The summed E-state index contributed by atoms with van der Waals surface area (Å²) < 4.78 is 15.8. The molecule has 0 aromatic heterocycles. The van der Waals surface area contributed by atoms with Crippen molar-refractivity contribution in [3.63, 3.8) is 0 Å². The molecule has 0 bridgehead atoms. The van der Waals surface area contributed by atoms with Crippen LogP contribution in [-0.4, -0.2) is 12.2 Å². The van der Waals surface area contributed by atoms with Gasteiger partial charge in [-0.1, -0.05) is 0 Å². The van der Waals surface area contributed by atoms with Crippen LogP contribution in [0, 0.1) is 3.57 Å². The van der Waals surface area contributed by atoms with Gasteiger partial charge >= 0.3 is 0 Å². The largest absolute Gasteiger partial charge is 0.507 e. The van der Waals surface area contributed by atoms with Crippen LogP contribution in [0.3, 0.4) is 0 Å². The molecule has 0 aliphatic heterocycles. The summed E-state index contributed by atoms with van der Waals surface area (Å²) in [5.74, 6) is 0.621. The Kier molecular flexibility index (Phi) is 2.81. The van der Waals surface area contributed by atoms with Crippen LogP contribution in [0.2, 0.25) is 0 Å². The summed E-state index contributed by atoms with van der Waals surface area (Å²) in [7, 11) is 1.51. The molecule has 0 saturated carbocycles. The van der Waals surface area contributed by atoms with Crippen molar-refractivity contribution in [2.75, 3.05) is 7.11 Å². The first-order valence-corrected chi connectivity index (χ1v) is 4.88. The molecule has 1 aromatic carbocycles. The standard InChI is InChI=1S/C7H7IO3/c1-11-5-2-3-6(8-10)7(9)4-5/h2-4,9H,1H3. The summed E-state index contributed by atoms with van der Waals surface area (Å²) in [5, 5.41) is 9.17. The monoisotopic (exact) mass is 266 g/mol. The average Bonchev–Trinajstić information content (AvgIpc) is 2.04. The zero-order chi connectivity index (χ0) is 8.27. The van der Waals surface area contributed by atoms with E-state index in [9.17, 15) is 3.07 Å². The topological polar surface area (TPSA) is 46.5 Å². The van der Waals surface area contributed by atoms with Gasteiger partial charge in [0, 0.05) is 6.07 Å². The number of ether oxygens (including phenoxy) is 1. The van der Waals surface area contributed by atoms with Gasteiger partial charge in [-0.2, -0.15) is 0 Å². The fourth-order valence-electron chi connectivity index (χ4n) is 0.685. The van der Waals surface area contributed by atoms with Crippen LogP contribution in [0.25, 0.3) is 0 Å². The summed E-state index contributed by atoms with van der Waals surface area (Å²) in [4.78, 5) is 0. The summed E-state index contributed by atoms with van der Waals surface area (Å²) >= 11 is -1.29. The Labute approximate surface area is 74.6 Å². The van der Waals surface area contributed by atoms with E-state index < -0.39 is 21.2 Å². The smallest absolute Gasteiger partial charge is 0.185 e. The molecule has 1 aromatic rings. The van der Waals surface area contributed by atoms with E-state index in [2.05, 4.69) is 0 Å². The zero-order valence-electron chi connectivity index (χ0n) is 5.87. The van der Waals surface area contributed by atoms with Gasteiger partial charge in [-0.05, 0) is 12.1 Å². The Bertz CT molecular complexity index is 272. The second-order valence-electron chi connectivity index (χ2n) is 1.89. The van der Waals surface area contributed by atoms with E-state index in [0.29, 0.717) is 9.32 Å². The van der Waals surface area contributed by atoms with Crippen molar-refractivity contribution in [1.29, 1.82) is 0 Å². The molecule has 1 rings (SSSR count). The first-order chi connectivity index (χ1) is 5.27. The van der Waals surface area contributed by atoms with Crippen molar-refractivity contribution in [3.05, 3.63) is 21.8 Å². The quantitative estimate of drug-likeness (QED) is 0.831. The molecule has 0 amide bonds. The van der Waals surface area contributed by atoms with E-state index in [1.165, 1.54) is 13.2 Å². The third kappa shape index (κ3) is 1.89. The molecule has 0 aliphatic rings. The zero-order valence-corrected chi connectivity index (χ0v) is 8.03. The van der Waals surface area contributed by atoms with Crippen LogP contribution in [-0.2, 0) is 3.07 Å². The van der Waals surface area contributed by atoms with Gasteiger partial charge in [-0.15, -0.1) is 0 Å². The van der Waals surface area contributed by atoms with Crippen LogP contribution < -0.4 is 4.74 Å². The minimum atomic E-state index is -1.29. The number of rotatable bonds is 2. The van der Waals surface area contributed by atoms with Crippen molar-refractivity contribution in [2.24, 2.45) is 0 Å². The van der Waals surface area contributed by atoms with Crippen molar-refractivity contribution < 1.29 is 12.9 Å². The Morgan fingerprint density at radius 1 is 1.55 bits per heavy atom. The second kappa shape index (κ2) is 3.66. The van der Waals surface area contributed by atoms with Crippen LogP contribution >= 0.6 is 21.2 Å². The molecule has 0 atom stereocenters. The summed E-state index contributed by atoms with van der Waals surface area (Å²) in [5.41, 5.74) is 0. The molecular weight excluding hydrogens is 259 g/mol. The summed E-state index contributed by atoms with van der Waals surface area (Å²) in [6.45, 7) is 0. The van der Waals surface area contributed by atoms with E-state index in [1.54, 1.807) is 12.1 Å². The molecule has 0 unspecified atom stereocenters. The first-order valence-electron chi connectivity index (χ1n) is 2.92. The lowest BCUT2D eigenvalue weighted by molar-refractivity contribution is 0.407. The van der Waals surface area contributed by atoms with E-state index >= 15 is 0 Å². The highest BCUT2D eigenvalue weighted by molar-refractivity contribution is 14.1. The normalized spacial score (nSPS) is 9.55. The number of methoxy groups -OCH3 is 1. The summed E-state index contributed by atoms with van der Waals surface area (Å²) in [6, 6.07) is 4.73. The Hall–Kier alpha value is -0.650. The number of hydrogen-bond donors (Lipinski definition) is 1. The van der Waals surface area contributed by atoms with Crippen molar-refractivity contribution in [3.8, 4) is 11.5 Å². The molecule has 0 spiro atoms. The van der Waals surface area contributed by atoms with E-state index in [1.807, 2.05) is 0 Å². The number of phenolic OH excluding ortho intramolecular Hbond substituents is 1. The van der Waals surface area contributed by atoms with Gasteiger partial charge in [0.05, 0.1) is 10.7 Å². The van der Waals surface area contributed by atoms with Crippen molar-refractivity contribution in [2.45, 2.75) is 0 Å². The van der Waals surface area contributed by atoms with E-state index in [-0.39, 0.29) is 5.75 Å². The van der Waals surface area contributed by atoms with Crippen molar-refractivity contribution >= 4 is 21.2 Å². The van der Waals surface area contributed by atoms with Crippen LogP contribution in [0.15, 0.2) is 18.2 Å². The van der Waals surface area contributed by atoms with Gasteiger partial charge in [0.15, 0.2) is 21.2 Å². The summed E-state index contributed by atoms with van der Waals surface area (Å²) in [6.07, 6.45) is 0. The van der Waals surface area contributed by atoms with Crippen LogP contribution in [0.1, 0.15) is 0 Å². The van der Waals surface area contributed by atoms with E-state index in [0.717, 1.165) is 0 Å². The predicted molar refractivity (Wildman–Crippen MR) is 48.1 cm³/mol. The number of benzene rings is 1. The Balaban J connectivity index is 3.09. The molecule has 3 nitrogen and oxygen atoms in total. The molecule has 1 N–H and O–H groups in total. The van der Waals surface area contributed by atoms with Gasteiger partial charge in [-0.25, -0.2) is 0 Å². The van der Waals surface area contributed by atoms with Crippen LogP contribution in [0.4, 0.5) is 0 Å². The van der Waals surface area contributed by atoms with Gasteiger partial charge in [0.2, 0.25) is 0 Å². The third-order valence-corrected chi connectivity index (χ3v) is 2.62. The van der Waals surface area contributed by atoms with E-state index in [4.69, 9.17) is 9.84 Å². The van der Waals surface area contributed by atoms with Gasteiger partial charge in [0.25, 0.3) is 0 Å². The van der Waals surface area contributed by atoms with Gasteiger partial charge < -0.3 is 9.84 Å². The highest BCUT2D eigenvalue weighted by Gasteiger charge is 2.00. The molecule has 60 valence electrons. The first kappa shape index (κ1) is 8.45. The number of aromatic hydroxyl groups is 1. The maximum Gasteiger partial charge on any atom is 0.185 e.